The maximum Gasteiger partial charge on any atom is 0.273 e. The van der Waals surface area contributed by atoms with Crippen LogP contribution in [0.2, 0.25) is 0 Å². The summed E-state index contributed by atoms with van der Waals surface area (Å²) in [7, 11) is 0. The van der Waals surface area contributed by atoms with Gasteiger partial charge in [-0.2, -0.15) is 0 Å². The lowest BCUT2D eigenvalue weighted by Gasteiger charge is -2.20. The first-order chi connectivity index (χ1) is 12.3. The maximum atomic E-state index is 12.6. The van der Waals surface area contributed by atoms with Crippen LogP contribution in [-0.4, -0.2) is 39.9 Å². The molecule has 132 valence electrons. The number of hydrogen-bond acceptors (Lipinski definition) is 5. The Morgan fingerprint density at radius 3 is 2.84 bits per heavy atom. The Morgan fingerprint density at radius 1 is 1.20 bits per heavy atom. The van der Waals surface area contributed by atoms with Crippen LogP contribution in [-0.2, 0) is 6.54 Å². The molecule has 3 heterocycles. The second-order valence-corrected chi connectivity index (χ2v) is 7.07. The van der Waals surface area contributed by atoms with Gasteiger partial charge in [0.05, 0.1) is 0 Å². The van der Waals surface area contributed by atoms with Crippen molar-refractivity contribution in [3.8, 4) is 0 Å². The number of likely N-dealkylation sites (tertiary alicyclic amines) is 1. The number of nitrogens with zero attached hydrogens (tertiary/aromatic N) is 3. The van der Waals surface area contributed by atoms with Gasteiger partial charge in [-0.1, -0.05) is 0 Å². The number of oxazole rings is 1. The molecule has 0 spiro atoms. The summed E-state index contributed by atoms with van der Waals surface area (Å²) in [4.78, 5) is 23.2. The van der Waals surface area contributed by atoms with Crippen LogP contribution in [0.5, 0.6) is 0 Å². The van der Waals surface area contributed by atoms with Crippen LogP contribution < -0.4 is 5.32 Å². The predicted octanol–water partition coefficient (Wildman–Crippen LogP) is 2.73. The van der Waals surface area contributed by atoms with Crippen LogP contribution >= 0.6 is 0 Å². The zero-order chi connectivity index (χ0) is 17.1. The molecule has 1 saturated carbocycles. The number of aromatic nitrogens is 2. The van der Waals surface area contributed by atoms with Crippen LogP contribution in [0.4, 0.5) is 0 Å². The molecule has 0 aromatic carbocycles. The Balaban J connectivity index is 1.32. The van der Waals surface area contributed by atoms with Crippen molar-refractivity contribution in [2.45, 2.75) is 50.6 Å². The molecule has 6 heteroatoms. The third-order valence-corrected chi connectivity index (χ3v) is 5.07. The van der Waals surface area contributed by atoms with Crippen LogP contribution in [0.15, 0.2) is 35.3 Å². The largest absolute Gasteiger partial charge is 0.447 e. The molecule has 1 aliphatic carbocycles. The number of hydrogen-bond donors (Lipinski definition) is 1. The van der Waals surface area contributed by atoms with Gasteiger partial charge in [-0.05, 0) is 56.3 Å². The molecule has 6 nitrogen and oxygen atoms in total. The minimum Gasteiger partial charge on any atom is -0.447 e. The summed E-state index contributed by atoms with van der Waals surface area (Å²) in [6, 6.07) is 4.33. The first kappa shape index (κ1) is 16.3. The predicted molar refractivity (Wildman–Crippen MR) is 93.1 cm³/mol. The summed E-state index contributed by atoms with van der Waals surface area (Å²) < 4.78 is 5.42. The third-order valence-electron chi connectivity index (χ3n) is 5.07. The number of amides is 1. The monoisotopic (exact) mass is 340 g/mol. The molecule has 2 aliphatic rings. The Hall–Kier alpha value is -2.21. The topological polar surface area (TPSA) is 71.3 Å². The van der Waals surface area contributed by atoms with Gasteiger partial charge in [0, 0.05) is 37.4 Å². The SMILES string of the molecule is O=C(N[C@H]1CCCN(Cc2ccncc2)CC1)c1ncoc1C1CC1. The molecule has 2 aromatic heterocycles. The smallest absolute Gasteiger partial charge is 0.273 e. The molecule has 0 radical (unpaired) electrons. The van der Waals surface area contributed by atoms with Gasteiger partial charge in [-0.15, -0.1) is 0 Å². The van der Waals surface area contributed by atoms with E-state index in [-0.39, 0.29) is 11.9 Å². The number of carbonyl (C=O) groups excluding carboxylic acids is 1. The Labute approximate surface area is 147 Å². The van der Waals surface area contributed by atoms with E-state index in [0.717, 1.165) is 57.5 Å². The number of carbonyl (C=O) groups is 1. The minimum atomic E-state index is -0.0803. The lowest BCUT2D eigenvalue weighted by Crippen LogP contribution is -2.36. The van der Waals surface area contributed by atoms with E-state index in [2.05, 4.69) is 32.3 Å². The van der Waals surface area contributed by atoms with Crippen LogP contribution in [0.25, 0.3) is 0 Å². The lowest BCUT2D eigenvalue weighted by molar-refractivity contribution is 0.0926. The molecule has 0 bridgehead atoms. The first-order valence-electron chi connectivity index (χ1n) is 9.15. The lowest BCUT2D eigenvalue weighted by atomic mass is 10.1. The molecule has 2 fully saturated rings. The fourth-order valence-corrected chi connectivity index (χ4v) is 3.52. The van der Waals surface area contributed by atoms with E-state index in [1.807, 2.05) is 12.4 Å². The van der Waals surface area contributed by atoms with Gasteiger partial charge in [0.2, 0.25) is 0 Å². The van der Waals surface area contributed by atoms with E-state index in [1.54, 1.807) is 0 Å². The number of nitrogens with one attached hydrogen (secondary N) is 1. The van der Waals surface area contributed by atoms with Gasteiger partial charge < -0.3 is 9.73 Å². The Bertz CT molecular complexity index is 711. The second kappa shape index (κ2) is 7.35. The quantitative estimate of drug-likeness (QED) is 0.906. The van der Waals surface area contributed by atoms with Gasteiger partial charge >= 0.3 is 0 Å². The minimum absolute atomic E-state index is 0.0803. The summed E-state index contributed by atoms with van der Waals surface area (Å²) in [5.74, 6) is 1.09. The molecule has 4 rings (SSSR count). The molecule has 1 amide bonds. The molecule has 2 aromatic rings. The molecular formula is C19H24N4O2. The summed E-state index contributed by atoms with van der Waals surface area (Å²) >= 11 is 0. The van der Waals surface area contributed by atoms with E-state index in [9.17, 15) is 4.79 Å². The van der Waals surface area contributed by atoms with Crippen LogP contribution in [0, 0.1) is 0 Å². The van der Waals surface area contributed by atoms with Gasteiger partial charge in [0.25, 0.3) is 5.91 Å². The van der Waals surface area contributed by atoms with Crippen molar-refractivity contribution >= 4 is 5.91 Å². The highest BCUT2D eigenvalue weighted by atomic mass is 16.3. The average molecular weight is 340 g/mol. The van der Waals surface area contributed by atoms with Crippen LogP contribution in [0.3, 0.4) is 0 Å². The molecule has 25 heavy (non-hydrogen) atoms. The molecule has 1 saturated heterocycles. The molecule has 1 atom stereocenters. The molecule has 0 unspecified atom stereocenters. The Morgan fingerprint density at radius 2 is 2.04 bits per heavy atom. The van der Waals surface area contributed by atoms with Crippen molar-refractivity contribution in [3.05, 3.63) is 47.9 Å². The van der Waals surface area contributed by atoms with E-state index < -0.39 is 0 Å². The first-order valence-corrected chi connectivity index (χ1v) is 9.15. The van der Waals surface area contributed by atoms with E-state index in [4.69, 9.17) is 4.42 Å². The third kappa shape index (κ3) is 4.07. The maximum absolute atomic E-state index is 12.6. The standard InChI is InChI=1S/C19H24N4O2/c24-19(17-18(15-3-4-15)25-13-21-17)22-16-2-1-10-23(11-7-16)12-14-5-8-20-9-6-14/h5-6,8-9,13,15-16H,1-4,7,10-12H2,(H,22,24)/t16-/m0/s1. The summed E-state index contributed by atoms with van der Waals surface area (Å²) in [5, 5.41) is 3.17. The fourth-order valence-electron chi connectivity index (χ4n) is 3.52. The van der Waals surface area contributed by atoms with Crippen molar-refractivity contribution in [2.75, 3.05) is 13.1 Å². The summed E-state index contributed by atoms with van der Waals surface area (Å²) in [6.45, 7) is 2.99. The van der Waals surface area contributed by atoms with Crippen LogP contribution in [0.1, 0.15) is 59.8 Å². The zero-order valence-corrected chi connectivity index (χ0v) is 14.4. The highest BCUT2D eigenvalue weighted by molar-refractivity contribution is 5.93. The van der Waals surface area contributed by atoms with E-state index >= 15 is 0 Å². The van der Waals surface area contributed by atoms with Crippen molar-refractivity contribution < 1.29 is 9.21 Å². The second-order valence-electron chi connectivity index (χ2n) is 7.07. The van der Waals surface area contributed by atoms with Crippen molar-refractivity contribution in [3.63, 3.8) is 0 Å². The molecule has 1 N–H and O–H groups in total. The number of rotatable bonds is 5. The summed E-state index contributed by atoms with van der Waals surface area (Å²) in [6.07, 6.45) is 10.3. The van der Waals surface area contributed by atoms with Gasteiger partial charge in [0.15, 0.2) is 12.1 Å². The van der Waals surface area contributed by atoms with Gasteiger partial charge in [0.1, 0.15) is 5.76 Å². The van der Waals surface area contributed by atoms with Crippen molar-refractivity contribution in [1.82, 2.24) is 20.2 Å². The van der Waals surface area contributed by atoms with Crippen molar-refractivity contribution in [1.29, 1.82) is 0 Å². The molecule has 1 aliphatic heterocycles. The average Bonchev–Trinajstić information content (AvgIpc) is 3.39. The highest BCUT2D eigenvalue weighted by Crippen LogP contribution is 2.41. The van der Waals surface area contributed by atoms with E-state index in [0.29, 0.717) is 11.6 Å². The Kier molecular flexibility index (Phi) is 4.78. The number of pyridine rings is 1. The van der Waals surface area contributed by atoms with Crippen molar-refractivity contribution in [2.24, 2.45) is 0 Å². The summed E-state index contributed by atoms with van der Waals surface area (Å²) in [5.41, 5.74) is 1.77. The fraction of sp³-hybridized carbons (Fsp3) is 0.526. The normalized spacial score (nSPS) is 21.7. The zero-order valence-electron chi connectivity index (χ0n) is 14.4. The molecular weight excluding hydrogens is 316 g/mol. The van der Waals surface area contributed by atoms with Gasteiger partial charge in [-0.25, -0.2) is 4.98 Å². The van der Waals surface area contributed by atoms with Gasteiger partial charge in [-0.3, -0.25) is 14.7 Å². The van der Waals surface area contributed by atoms with E-state index in [1.165, 1.54) is 12.0 Å². The highest BCUT2D eigenvalue weighted by Gasteiger charge is 2.33.